The van der Waals surface area contributed by atoms with E-state index in [0.29, 0.717) is 21.7 Å². The van der Waals surface area contributed by atoms with Gasteiger partial charge in [0, 0.05) is 20.1 Å². The van der Waals surface area contributed by atoms with Gasteiger partial charge in [-0.2, -0.15) is 4.98 Å². The number of rotatable bonds is 3. The Kier molecular flexibility index (Phi) is 4.71. The first-order valence-electron chi connectivity index (χ1n) is 8.04. The molecule has 1 aliphatic heterocycles. The van der Waals surface area contributed by atoms with Crippen LogP contribution >= 0.6 is 11.8 Å². The second-order valence-electron chi connectivity index (χ2n) is 6.23. The number of piperidine rings is 1. The molecule has 0 spiro atoms. The number of aromatic nitrogens is 2. The number of nitrogens with two attached hydrogens (primary N) is 1. The van der Waals surface area contributed by atoms with Gasteiger partial charge in [-0.25, -0.2) is 0 Å². The summed E-state index contributed by atoms with van der Waals surface area (Å²) >= 11 is 1.15. The Labute approximate surface area is 145 Å². The van der Waals surface area contributed by atoms with E-state index in [4.69, 9.17) is 5.73 Å². The van der Waals surface area contributed by atoms with Gasteiger partial charge in [-0.15, -0.1) is 0 Å². The lowest BCUT2D eigenvalue weighted by Gasteiger charge is -2.32. The van der Waals surface area contributed by atoms with Crippen LogP contribution in [-0.2, 0) is 7.05 Å². The highest BCUT2D eigenvalue weighted by Gasteiger charge is 2.22. The van der Waals surface area contributed by atoms with Crippen LogP contribution in [0.15, 0.2) is 38.9 Å². The van der Waals surface area contributed by atoms with Crippen molar-refractivity contribution in [1.82, 2.24) is 9.55 Å². The smallest absolute Gasteiger partial charge is 0.270 e. The lowest BCUT2D eigenvalue weighted by molar-refractivity contribution is 0.430. The van der Waals surface area contributed by atoms with Crippen molar-refractivity contribution in [3.8, 4) is 5.75 Å². The van der Waals surface area contributed by atoms with Gasteiger partial charge >= 0.3 is 0 Å². The molecule has 6 nitrogen and oxygen atoms in total. The molecule has 2 heterocycles. The minimum atomic E-state index is -0.190. The summed E-state index contributed by atoms with van der Waals surface area (Å²) in [4.78, 5) is 20.3. The number of para-hydroxylation sites is 1. The summed E-state index contributed by atoms with van der Waals surface area (Å²) in [6.07, 6.45) is 2.17. The molecule has 3 rings (SSSR count). The number of nitrogens with zero attached hydrogens (tertiary/aromatic N) is 3. The Hall–Kier alpha value is -2.15. The second-order valence-corrected chi connectivity index (χ2v) is 7.28. The number of nitrogen functional groups attached to an aromatic ring is 1. The zero-order valence-electron chi connectivity index (χ0n) is 13.9. The lowest BCUT2D eigenvalue weighted by Crippen LogP contribution is -2.38. The van der Waals surface area contributed by atoms with Crippen LogP contribution in [0.3, 0.4) is 0 Å². The van der Waals surface area contributed by atoms with Crippen LogP contribution in [-0.4, -0.2) is 27.7 Å². The summed E-state index contributed by atoms with van der Waals surface area (Å²) in [6.45, 7) is 4.00. The average Bonchev–Trinajstić information content (AvgIpc) is 2.57. The molecule has 1 aliphatic rings. The Morgan fingerprint density at radius 1 is 1.29 bits per heavy atom. The molecule has 24 heavy (non-hydrogen) atoms. The van der Waals surface area contributed by atoms with Crippen molar-refractivity contribution in [1.29, 1.82) is 0 Å². The number of anilines is 2. The van der Waals surface area contributed by atoms with E-state index in [0.717, 1.165) is 37.7 Å². The highest BCUT2D eigenvalue weighted by atomic mass is 32.2. The van der Waals surface area contributed by atoms with Gasteiger partial charge in [-0.05, 0) is 30.9 Å². The van der Waals surface area contributed by atoms with Crippen molar-refractivity contribution in [3.05, 3.63) is 34.6 Å². The van der Waals surface area contributed by atoms with Crippen LogP contribution in [0.4, 0.5) is 11.8 Å². The maximum absolute atomic E-state index is 12.7. The van der Waals surface area contributed by atoms with Crippen LogP contribution in [0.1, 0.15) is 19.8 Å². The molecule has 1 aromatic heterocycles. The van der Waals surface area contributed by atoms with Crippen LogP contribution in [0.5, 0.6) is 5.75 Å². The summed E-state index contributed by atoms with van der Waals surface area (Å²) in [7, 11) is 1.72. The fourth-order valence-corrected chi connectivity index (χ4v) is 3.74. The fourth-order valence-electron chi connectivity index (χ4n) is 2.83. The fraction of sp³-hybridized carbons (Fsp3) is 0.412. The van der Waals surface area contributed by atoms with Crippen LogP contribution in [0.25, 0.3) is 0 Å². The van der Waals surface area contributed by atoms with Gasteiger partial charge in [0.1, 0.15) is 16.5 Å². The zero-order valence-corrected chi connectivity index (χ0v) is 14.7. The van der Waals surface area contributed by atoms with E-state index in [1.165, 1.54) is 0 Å². The van der Waals surface area contributed by atoms with Gasteiger partial charge in [0.15, 0.2) is 0 Å². The number of hydrogen-bond acceptors (Lipinski definition) is 6. The first kappa shape index (κ1) is 16.7. The van der Waals surface area contributed by atoms with E-state index in [9.17, 15) is 9.90 Å². The van der Waals surface area contributed by atoms with E-state index in [1.807, 2.05) is 0 Å². The molecular formula is C17H22N4O2S. The molecule has 128 valence electrons. The van der Waals surface area contributed by atoms with Crippen LogP contribution in [0, 0.1) is 5.92 Å². The molecule has 0 unspecified atom stereocenters. The van der Waals surface area contributed by atoms with Gasteiger partial charge in [0.05, 0.1) is 4.90 Å². The number of hydrogen-bond donors (Lipinski definition) is 2. The predicted molar refractivity (Wildman–Crippen MR) is 96.7 cm³/mol. The number of aromatic hydroxyl groups is 1. The third-order valence-electron chi connectivity index (χ3n) is 4.40. The van der Waals surface area contributed by atoms with E-state index in [-0.39, 0.29) is 17.1 Å². The Morgan fingerprint density at radius 3 is 2.62 bits per heavy atom. The summed E-state index contributed by atoms with van der Waals surface area (Å²) in [5.41, 5.74) is 5.88. The van der Waals surface area contributed by atoms with Gasteiger partial charge in [0.2, 0.25) is 5.95 Å². The third-order valence-corrected chi connectivity index (χ3v) is 5.55. The predicted octanol–water partition coefficient (Wildman–Crippen LogP) is 2.46. The number of benzene rings is 1. The van der Waals surface area contributed by atoms with Crippen molar-refractivity contribution in [3.63, 3.8) is 0 Å². The van der Waals surface area contributed by atoms with Crippen molar-refractivity contribution < 1.29 is 5.11 Å². The molecule has 0 bridgehead atoms. The average molecular weight is 346 g/mol. The minimum absolute atomic E-state index is 0.123. The molecule has 0 aliphatic carbocycles. The number of phenolic OH excluding ortho intramolecular Hbond substituents is 1. The van der Waals surface area contributed by atoms with Gasteiger partial charge in [0.25, 0.3) is 5.56 Å². The Bertz CT molecular complexity index is 798. The first-order valence-corrected chi connectivity index (χ1v) is 8.86. The van der Waals surface area contributed by atoms with Crippen molar-refractivity contribution in [2.75, 3.05) is 23.7 Å². The van der Waals surface area contributed by atoms with Gasteiger partial charge in [-0.3, -0.25) is 9.36 Å². The first-order chi connectivity index (χ1) is 11.5. The van der Waals surface area contributed by atoms with Crippen molar-refractivity contribution in [2.24, 2.45) is 13.0 Å². The summed E-state index contributed by atoms with van der Waals surface area (Å²) < 4.78 is 1.55. The molecule has 1 saturated heterocycles. The SMILES string of the molecule is CC1CCN(c2nc(N)c(Sc3ccccc3O)c(=O)n2C)CC1. The molecule has 2 aromatic rings. The van der Waals surface area contributed by atoms with E-state index in [1.54, 1.807) is 35.9 Å². The Balaban J connectivity index is 1.94. The van der Waals surface area contributed by atoms with Gasteiger partial charge in [-0.1, -0.05) is 30.8 Å². The summed E-state index contributed by atoms with van der Waals surface area (Å²) in [5.74, 6) is 1.65. The Morgan fingerprint density at radius 2 is 1.96 bits per heavy atom. The molecule has 1 fully saturated rings. The van der Waals surface area contributed by atoms with Gasteiger partial charge < -0.3 is 15.7 Å². The summed E-state index contributed by atoms with van der Waals surface area (Å²) in [6, 6.07) is 6.87. The molecular weight excluding hydrogens is 324 g/mol. The van der Waals surface area contributed by atoms with Crippen LogP contribution in [0.2, 0.25) is 0 Å². The standard InChI is InChI=1S/C17H22N4O2S/c1-11-7-9-21(10-8-11)17-19-15(18)14(16(23)20(17)2)24-13-6-4-3-5-12(13)22/h3-6,11,22H,7-10,18H2,1-2H3. The topological polar surface area (TPSA) is 84.4 Å². The molecule has 1 aromatic carbocycles. The highest BCUT2D eigenvalue weighted by molar-refractivity contribution is 7.99. The molecule has 0 saturated carbocycles. The maximum atomic E-state index is 12.7. The maximum Gasteiger partial charge on any atom is 0.270 e. The second kappa shape index (κ2) is 6.76. The van der Waals surface area contributed by atoms with Crippen molar-refractivity contribution in [2.45, 2.75) is 29.6 Å². The van der Waals surface area contributed by atoms with E-state index >= 15 is 0 Å². The largest absolute Gasteiger partial charge is 0.507 e. The molecule has 3 N–H and O–H groups in total. The van der Waals surface area contributed by atoms with Crippen molar-refractivity contribution >= 4 is 23.5 Å². The quantitative estimate of drug-likeness (QED) is 0.888. The third kappa shape index (κ3) is 3.21. The van der Waals surface area contributed by atoms with Crippen LogP contribution < -0.4 is 16.2 Å². The monoisotopic (exact) mass is 346 g/mol. The highest BCUT2D eigenvalue weighted by Crippen LogP contribution is 2.35. The number of phenols is 1. The summed E-state index contributed by atoms with van der Waals surface area (Å²) in [5, 5.41) is 9.91. The molecule has 0 radical (unpaired) electrons. The molecule has 0 amide bonds. The zero-order chi connectivity index (χ0) is 17.3. The molecule has 0 atom stereocenters. The van der Waals surface area contributed by atoms with E-state index in [2.05, 4.69) is 16.8 Å². The minimum Gasteiger partial charge on any atom is -0.507 e. The lowest BCUT2D eigenvalue weighted by atomic mass is 10.00. The molecule has 7 heteroatoms. The normalized spacial score (nSPS) is 15.7. The van der Waals surface area contributed by atoms with E-state index < -0.39 is 0 Å².